The molecule has 1 unspecified atom stereocenters. The Kier molecular flexibility index (Phi) is 7.26. The second-order valence-electron chi connectivity index (χ2n) is 2.07. The lowest BCUT2D eigenvalue weighted by molar-refractivity contribution is 0.830. The standard InChI is InChI=1S/C7H12S.C2H6/c1-2-7-5-3-4-6-8-7;1-2/h3-4,7H,2,5-6H2,1H3;1-2H3. The normalized spacial score (nSPS) is 23.3. The van der Waals surface area contributed by atoms with Crippen LogP contribution in [0.3, 0.4) is 0 Å². The van der Waals surface area contributed by atoms with Gasteiger partial charge in [-0.25, -0.2) is 0 Å². The molecule has 0 aromatic carbocycles. The third-order valence-electron chi connectivity index (χ3n) is 1.45. The van der Waals surface area contributed by atoms with Crippen molar-refractivity contribution in [3.05, 3.63) is 12.2 Å². The summed E-state index contributed by atoms with van der Waals surface area (Å²) in [6.07, 6.45) is 7.18. The zero-order chi connectivity index (χ0) is 7.82. The van der Waals surface area contributed by atoms with Gasteiger partial charge in [0.2, 0.25) is 0 Å². The Labute approximate surface area is 69.1 Å². The lowest BCUT2D eigenvalue weighted by Gasteiger charge is -2.13. The topological polar surface area (TPSA) is 0 Å². The highest BCUT2D eigenvalue weighted by Crippen LogP contribution is 2.22. The van der Waals surface area contributed by atoms with E-state index in [9.17, 15) is 0 Å². The van der Waals surface area contributed by atoms with Gasteiger partial charge in [0.1, 0.15) is 0 Å². The fraction of sp³-hybridized carbons (Fsp3) is 0.778. The monoisotopic (exact) mass is 158 g/mol. The molecule has 0 saturated carbocycles. The van der Waals surface area contributed by atoms with Gasteiger partial charge in [-0.15, -0.1) is 0 Å². The van der Waals surface area contributed by atoms with Crippen LogP contribution >= 0.6 is 11.8 Å². The van der Waals surface area contributed by atoms with Gasteiger partial charge >= 0.3 is 0 Å². The molecule has 0 bridgehead atoms. The van der Waals surface area contributed by atoms with Gasteiger partial charge in [0.25, 0.3) is 0 Å². The molecular weight excluding hydrogens is 140 g/mol. The van der Waals surface area contributed by atoms with Crippen molar-refractivity contribution >= 4 is 11.8 Å². The lowest BCUT2D eigenvalue weighted by atomic mass is 10.2. The molecule has 1 aliphatic heterocycles. The van der Waals surface area contributed by atoms with Gasteiger partial charge in [0.05, 0.1) is 0 Å². The smallest absolute Gasteiger partial charge is 0.0116 e. The molecule has 1 aliphatic rings. The van der Waals surface area contributed by atoms with Crippen molar-refractivity contribution < 1.29 is 0 Å². The van der Waals surface area contributed by atoms with Gasteiger partial charge in [0.15, 0.2) is 0 Å². The molecule has 0 spiro atoms. The molecule has 10 heavy (non-hydrogen) atoms. The third kappa shape index (κ3) is 3.99. The van der Waals surface area contributed by atoms with Crippen LogP contribution in [-0.4, -0.2) is 11.0 Å². The van der Waals surface area contributed by atoms with Crippen LogP contribution in [-0.2, 0) is 0 Å². The minimum Gasteiger partial charge on any atom is -0.154 e. The van der Waals surface area contributed by atoms with E-state index in [0.29, 0.717) is 0 Å². The molecule has 0 aliphatic carbocycles. The average Bonchev–Trinajstić information content (AvgIpc) is 2.10. The minimum atomic E-state index is 0.917. The summed E-state index contributed by atoms with van der Waals surface area (Å²) in [7, 11) is 0. The fourth-order valence-electron chi connectivity index (χ4n) is 0.860. The van der Waals surface area contributed by atoms with Crippen molar-refractivity contribution in [1.82, 2.24) is 0 Å². The van der Waals surface area contributed by atoms with Crippen LogP contribution < -0.4 is 0 Å². The zero-order valence-corrected chi connectivity index (χ0v) is 8.08. The van der Waals surface area contributed by atoms with E-state index < -0.39 is 0 Å². The predicted molar refractivity (Wildman–Crippen MR) is 51.6 cm³/mol. The Morgan fingerprint density at radius 3 is 2.40 bits per heavy atom. The molecule has 1 rings (SSSR count). The van der Waals surface area contributed by atoms with Crippen molar-refractivity contribution in [3.63, 3.8) is 0 Å². The molecule has 0 aromatic heterocycles. The van der Waals surface area contributed by atoms with Gasteiger partial charge in [-0.05, 0) is 12.8 Å². The number of hydrogen-bond acceptors (Lipinski definition) is 1. The van der Waals surface area contributed by atoms with Crippen LogP contribution in [0.25, 0.3) is 0 Å². The molecule has 0 aromatic rings. The van der Waals surface area contributed by atoms with Gasteiger partial charge < -0.3 is 0 Å². The van der Waals surface area contributed by atoms with E-state index in [1.165, 1.54) is 18.6 Å². The molecular formula is C9H18S. The molecule has 1 heteroatoms. The summed E-state index contributed by atoms with van der Waals surface area (Å²) in [4.78, 5) is 0. The molecule has 0 saturated heterocycles. The SMILES string of the molecule is CC.CCC1CC=CCS1. The molecule has 0 N–H and O–H groups in total. The summed E-state index contributed by atoms with van der Waals surface area (Å²) in [5.41, 5.74) is 0. The first-order chi connectivity index (χ1) is 4.93. The Balaban J connectivity index is 0.000000371. The van der Waals surface area contributed by atoms with E-state index in [2.05, 4.69) is 30.8 Å². The van der Waals surface area contributed by atoms with E-state index >= 15 is 0 Å². The highest BCUT2D eigenvalue weighted by molar-refractivity contribution is 8.00. The van der Waals surface area contributed by atoms with Crippen LogP contribution in [0, 0.1) is 0 Å². The Hall–Kier alpha value is 0.0900. The number of thioether (sulfide) groups is 1. The van der Waals surface area contributed by atoms with E-state index in [1.807, 2.05) is 13.8 Å². The number of hydrogen-bond donors (Lipinski definition) is 0. The Bertz CT molecular complexity index is 86.7. The summed E-state index contributed by atoms with van der Waals surface area (Å²) in [5.74, 6) is 1.23. The number of rotatable bonds is 1. The predicted octanol–water partition coefficient (Wildman–Crippen LogP) is 3.48. The minimum absolute atomic E-state index is 0.917. The van der Waals surface area contributed by atoms with E-state index in [-0.39, 0.29) is 0 Å². The third-order valence-corrected chi connectivity index (χ3v) is 2.83. The summed E-state index contributed by atoms with van der Waals surface area (Å²) >= 11 is 2.08. The van der Waals surface area contributed by atoms with Crippen LogP contribution in [0.1, 0.15) is 33.6 Å². The molecule has 60 valence electrons. The quantitative estimate of drug-likeness (QED) is 0.526. The van der Waals surface area contributed by atoms with Crippen molar-refractivity contribution in [3.8, 4) is 0 Å². The molecule has 0 fully saturated rings. The van der Waals surface area contributed by atoms with Crippen molar-refractivity contribution in [2.45, 2.75) is 38.9 Å². The maximum atomic E-state index is 2.30. The fourth-order valence-corrected chi connectivity index (χ4v) is 1.86. The lowest BCUT2D eigenvalue weighted by Crippen LogP contribution is -2.02. The second-order valence-corrected chi connectivity index (χ2v) is 3.40. The largest absolute Gasteiger partial charge is 0.154 e. The molecule has 1 heterocycles. The summed E-state index contributed by atoms with van der Waals surface area (Å²) in [5, 5.41) is 0.917. The van der Waals surface area contributed by atoms with Crippen LogP contribution in [0.4, 0.5) is 0 Å². The molecule has 0 nitrogen and oxygen atoms in total. The Morgan fingerprint density at radius 2 is 2.10 bits per heavy atom. The van der Waals surface area contributed by atoms with Crippen molar-refractivity contribution in [2.75, 3.05) is 5.75 Å². The van der Waals surface area contributed by atoms with E-state index in [1.54, 1.807) is 0 Å². The number of allylic oxidation sites excluding steroid dienone is 1. The van der Waals surface area contributed by atoms with Gasteiger partial charge in [-0.3, -0.25) is 0 Å². The average molecular weight is 158 g/mol. The van der Waals surface area contributed by atoms with Crippen LogP contribution in [0.5, 0.6) is 0 Å². The van der Waals surface area contributed by atoms with Gasteiger partial charge in [-0.1, -0.05) is 32.9 Å². The first kappa shape index (κ1) is 10.1. The van der Waals surface area contributed by atoms with Crippen molar-refractivity contribution in [2.24, 2.45) is 0 Å². The van der Waals surface area contributed by atoms with Gasteiger partial charge in [-0.2, -0.15) is 11.8 Å². The Morgan fingerprint density at radius 1 is 1.40 bits per heavy atom. The maximum absolute atomic E-state index is 2.30. The molecule has 0 radical (unpaired) electrons. The van der Waals surface area contributed by atoms with Crippen LogP contribution in [0.2, 0.25) is 0 Å². The summed E-state index contributed by atoms with van der Waals surface area (Å²) in [6, 6.07) is 0. The molecule has 0 amide bonds. The summed E-state index contributed by atoms with van der Waals surface area (Å²) in [6.45, 7) is 6.26. The second kappa shape index (κ2) is 7.20. The highest BCUT2D eigenvalue weighted by Gasteiger charge is 2.05. The maximum Gasteiger partial charge on any atom is 0.0116 e. The van der Waals surface area contributed by atoms with Crippen molar-refractivity contribution in [1.29, 1.82) is 0 Å². The first-order valence-electron chi connectivity index (χ1n) is 4.20. The van der Waals surface area contributed by atoms with Crippen LogP contribution in [0.15, 0.2) is 12.2 Å². The van der Waals surface area contributed by atoms with E-state index in [0.717, 1.165) is 5.25 Å². The first-order valence-corrected chi connectivity index (χ1v) is 5.25. The zero-order valence-electron chi connectivity index (χ0n) is 7.26. The summed E-state index contributed by atoms with van der Waals surface area (Å²) < 4.78 is 0. The molecule has 1 atom stereocenters. The van der Waals surface area contributed by atoms with Gasteiger partial charge in [0, 0.05) is 11.0 Å². The van der Waals surface area contributed by atoms with E-state index in [4.69, 9.17) is 0 Å². The highest BCUT2D eigenvalue weighted by atomic mass is 32.2.